The Bertz CT molecular complexity index is 5910. The Balaban J connectivity index is 0.581. The zero-order chi connectivity index (χ0) is 83.7. The third-order valence-electron chi connectivity index (χ3n) is 21.3. The Morgan fingerprint density at radius 3 is 1.75 bits per heavy atom. The number of anilines is 7. The van der Waals surface area contributed by atoms with E-state index in [1.807, 2.05) is 149 Å². The van der Waals surface area contributed by atoms with Gasteiger partial charge in [0.25, 0.3) is 0 Å². The van der Waals surface area contributed by atoms with Crippen LogP contribution in [0.25, 0.3) is 66.1 Å². The number of aromatic nitrogens is 3. The minimum absolute atomic E-state index is 0.0176. The van der Waals surface area contributed by atoms with Crippen molar-refractivity contribution < 1.29 is 56.4 Å². The van der Waals surface area contributed by atoms with E-state index in [-0.39, 0.29) is 90.5 Å². The number of para-hydroxylation sites is 2. The monoisotopic (exact) mass is 1640 g/mol. The Hall–Kier alpha value is -12.9. The van der Waals surface area contributed by atoms with E-state index in [0.29, 0.717) is 95.5 Å². The summed E-state index contributed by atoms with van der Waals surface area (Å²) in [5, 5.41) is 67.0. The van der Waals surface area contributed by atoms with Crippen molar-refractivity contribution in [3.63, 3.8) is 0 Å². The summed E-state index contributed by atoms with van der Waals surface area (Å²) in [7, 11) is 3.56. The standard InChI is InChI=1S/C91H93N14O12PS/c1-8-114-118(111,89(62-25-30-64(31-26-62)96-91(92)93)97-84(106)22-15-17-65-58-104(99-98-65)50-16-48-94-88(108)63-29-40-74(79(53-63)90(109)110)86-77-41-32-68(100(2)3)54-80(77)115-81-55-69(101(4)5)33-42-78(81)86)117-72-36-23-59(24-37-72)45-49-95-87(107)61-46-51-105(52-47-61)119(112,113)73-38-27-60(28-39-73)85-75-43-34-70(102(6)66-18-11-9-12-19-66)56-82(75)116-83-57-71(35-44-76(83)85)103(7)67-20-13-10-14-21-67/h9-14,18-21,23-44,53-58,61,89H,8,15-17,22,45-52H2,1-7H3,(H6-2,92,93,94,95,96,97,106,107,108,109,110)/p+2. The number of carboxylic acids is 1. The molecule has 14 rings (SSSR count). The first-order chi connectivity index (χ1) is 57.4. The maximum atomic E-state index is 15.2. The summed E-state index contributed by atoms with van der Waals surface area (Å²) >= 11 is 0. The molecule has 1 aliphatic rings. The highest BCUT2D eigenvalue weighted by atomic mass is 32.2. The van der Waals surface area contributed by atoms with Gasteiger partial charge >= 0.3 is 36.2 Å². The Kier molecular flexibility index (Phi) is 25.2. The molecule has 2 unspecified atom stereocenters. The molecule has 0 radical (unpaired) electrons. The third kappa shape index (κ3) is 18.9. The number of rotatable bonds is 32. The second kappa shape index (κ2) is 36.3. The molecule has 4 heterocycles. The topological polar surface area (TPSA) is 342 Å². The molecule has 13 aromatic rings. The van der Waals surface area contributed by atoms with Gasteiger partial charge in [0.15, 0.2) is 23.5 Å². The number of guanidine groups is 1. The number of aryl methyl sites for hydroxylation is 2. The number of hydrogen-bond donors (Lipinski definition) is 7. The first kappa shape index (κ1) is 82.6. The van der Waals surface area contributed by atoms with Gasteiger partial charge in [-0.25, -0.2) is 27.0 Å². The lowest BCUT2D eigenvalue weighted by Crippen LogP contribution is -2.40. The molecule has 610 valence electrons. The number of aliphatic hydroxyl groups is 3. The van der Waals surface area contributed by atoms with Crippen LogP contribution in [-0.4, -0.2) is 153 Å². The Morgan fingerprint density at radius 1 is 0.647 bits per heavy atom. The van der Waals surface area contributed by atoms with Crippen molar-refractivity contribution in [2.75, 3.05) is 100.0 Å². The molecule has 26 nitrogen and oxygen atoms in total. The van der Waals surface area contributed by atoms with Crippen LogP contribution >= 0.6 is 7.94 Å². The lowest BCUT2D eigenvalue weighted by Gasteiger charge is -2.32. The molecule has 2 atom stereocenters. The molecule has 8 N–H and O–H groups in total. The average molecular weight is 1640 g/mol. The van der Waals surface area contributed by atoms with Gasteiger partial charge in [0.1, 0.15) is 0 Å². The highest BCUT2D eigenvalue weighted by Crippen LogP contribution is 2.65. The normalized spacial score (nSPS) is 14.0. The van der Waals surface area contributed by atoms with Crippen molar-refractivity contribution in [3.05, 3.63) is 259 Å². The van der Waals surface area contributed by atoms with Crippen LogP contribution in [-0.2, 0) is 33.9 Å². The van der Waals surface area contributed by atoms with Crippen molar-refractivity contribution in [2.24, 2.45) is 26.6 Å². The number of piperidine rings is 1. The molecule has 0 spiro atoms. The molecular formula is C91H95N14O12PS+2. The minimum atomic E-state index is -4.30. The van der Waals surface area contributed by atoms with Crippen LogP contribution in [0, 0.1) is 11.3 Å². The quantitative estimate of drug-likeness (QED) is 0.00514. The second-order valence-electron chi connectivity index (χ2n) is 29.7. The number of sulfonamides is 1. The van der Waals surface area contributed by atoms with Crippen molar-refractivity contribution in [3.8, 4) is 28.0 Å². The van der Waals surface area contributed by atoms with Crippen LogP contribution in [0.3, 0.4) is 0 Å². The average Bonchev–Trinajstić information content (AvgIpc) is 0.773. The number of carbonyl (C=O) groups is 1. The van der Waals surface area contributed by atoms with E-state index in [0.717, 1.165) is 72.4 Å². The number of nitrogens with two attached hydrogens (primary N) is 1. The van der Waals surface area contributed by atoms with Crippen LogP contribution in [0.2, 0.25) is 0 Å². The number of aliphatic hydroxyl groups excluding tert-OH is 3. The van der Waals surface area contributed by atoms with Crippen LogP contribution in [0.15, 0.2) is 259 Å². The van der Waals surface area contributed by atoms with E-state index in [4.69, 9.17) is 29.0 Å². The van der Waals surface area contributed by atoms with Gasteiger partial charge in [-0.2, -0.15) is 8.83 Å². The van der Waals surface area contributed by atoms with Crippen LogP contribution in [0.1, 0.15) is 77.6 Å². The maximum Gasteiger partial charge on any atom is 0.363 e. The van der Waals surface area contributed by atoms with E-state index < -0.39 is 29.7 Å². The zero-order valence-corrected chi connectivity index (χ0v) is 68.9. The first-order valence-electron chi connectivity index (χ1n) is 39.3. The Morgan fingerprint density at radius 2 is 1.20 bits per heavy atom. The molecule has 0 saturated carbocycles. The van der Waals surface area contributed by atoms with Gasteiger partial charge in [0, 0.05) is 144 Å². The predicted molar refractivity (Wildman–Crippen MR) is 474 cm³/mol. The number of fused-ring (bicyclic) bond motifs is 4. The van der Waals surface area contributed by atoms with Crippen LogP contribution in [0.4, 0.5) is 39.8 Å². The van der Waals surface area contributed by atoms with Crippen molar-refractivity contribution >= 4 is 131 Å². The Labute approximate surface area is 690 Å². The van der Waals surface area contributed by atoms with Crippen molar-refractivity contribution in [1.82, 2.24) is 19.3 Å². The molecule has 1 saturated heterocycles. The number of nitrogens with zero attached hydrogens (tertiary/aromatic N) is 11. The van der Waals surface area contributed by atoms with E-state index in [2.05, 4.69) is 88.9 Å². The summed E-state index contributed by atoms with van der Waals surface area (Å²) in [6.45, 7) is 2.84. The fourth-order valence-electron chi connectivity index (χ4n) is 14.8. The van der Waals surface area contributed by atoms with E-state index in [1.165, 1.54) is 10.4 Å². The summed E-state index contributed by atoms with van der Waals surface area (Å²) in [6.07, 6.45) is 4.23. The number of aromatic carboxylic acids is 1. The molecule has 0 bridgehead atoms. The number of carboxylic acid groups (broad SMARTS) is 1. The summed E-state index contributed by atoms with van der Waals surface area (Å²) < 4.78 is 57.3. The van der Waals surface area contributed by atoms with Crippen LogP contribution in [0.5, 0.6) is 5.75 Å². The summed E-state index contributed by atoms with van der Waals surface area (Å²) in [4.78, 5) is 50.1. The van der Waals surface area contributed by atoms with Gasteiger partial charge in [0.2, 0.25) is 21.7 Å². The maximum absolute atomic E-state index is 15.2. The highest BCUT2D eigenvalue weighted by molar-refractivity contribution is 7.89. The lowest BCUT2D eigenvalue weighted by atomic mass is 9.92. The van der Waals surface area contributed by atoms with Gasteiger partial charge in [-0.15, -0.1) is 5.10 Å². The fraction of sp³-hybridized carbons (Fsp3) is 0.242. The number of nitrogens with one attached hydrogen (secondary N) is 2. The van der Waals surface area contributed by atoms with Crippen LogP contribution < -0.4 is 40.1 Å². The van der Waals surface area contributed by atoms with E-state index in [1.54, 1.807) is 90.6 Å². The molecule has 1 aliphatic heterocycles. The number of hydrogen-bond acceptors (Lipinski definition) is 16. The van der Waals surface area contributed by atoms with Crippen molar-refractivity contribution in [2.45, 2.75) is 69.1 Å². The zero-order valence-electron chi connectivity index (χ0n) is 67.2. The van der Waals surface area contributed by atoms with E-state index in [9.17, 15) is 33.6 Å². The van der Waals surface area contributed by atoms with Gasteiger partial charge < -0.3 is 60.5 Å². The molecular weight excluding hydrogens is 1540 g/mol. The van der Waals surface area contributed by atoms with E-state index >= 15 is 4.89 Å². The van der Waals surface area contributed by atoms with Crippen molar-refractivity contribution in [1.29, 1.82) is 5.41 Å². The summed E-state index contributed by atoms with van der Waals surface area (Å²) in [5.74, 6) is -3.62. The number of benzene rings is 10. The number of aliphatic imine (C=N–C) groups is 3. The molecule has 28 heteroatoms. The third-order valence-corrected chi connectivity index (χ3v) is 25.3. The predicted octanol–water partition coefficient (Wildman–Crippen LogP) is 17.9. The van der Waals surface area contributed by atoms with Gasteiger partial charge in [-0.1, -0.05) is 84.1 Å². The molecule has 0 aliphatic carbocycles. The fourth-order valence-corrected chi connectivity index (χ4v) is 18.2. The molecule has 3 aromatic heterocycles. The molecule has 1 fully saturated rings. The van der Waals surface area contributed by atoms with Gasteiger partial charge in [-0.3, -0.25) is 20.1 Å². The minimum Gasteiger partial charge on any atom is -0.622 e. The van der Waals surface area contributed by atoms with Gasteiger partial charge in [0.05, 0.1) is 79.9 Å². The molecule has 0 amide bonds. The molecule has 10 aromatic carbocycles. The highest BCUT2D eigenvalue weighted by Gasteiger charge is 2.45. The second-order valence-corrected chi connectivity index (χ2v) is 33.6. The summed E-state index contributed by atoms with van der Waals surface area (Å²) in [5.41, 5.74) is 19.3. The largest absolute Gasteiger partial charge is 0.622 e. The lowest BCUT2D eigenvalue weighted by molar-refractivity contribution is -0.213. The SMILES string of the molecule is CCO[P+]([O-])(Oc1ccc(CCN=C(O)C2CCN(S(=O)(=O)c3ccc(-c4c5ccc(N(C)c6ccccc6)cc5[o+]c5cc(N(C)c6ccccc6)ccc45)cc3)CC2)cc1)C(N=C(O)CCCc1cn(CCCN=C(O)c2ccc(-c3c4ccc(N(C)C)cc4[o+]c4cc(N(C)C)ccc34)c(C(=O)O)c2)nn1)c1ccc(NC(=N)N)cc1. The van der Waals surface area contributed by atoms with Gasteiger partial charge in [-0.05, 0) is 183 Å². The summed E-state index contributed by atoms with van der Waals surface area (Å²) in [6, 6.07) is 69.4. The smallest absolute Gasteiger partial charge is 0.363 e. The first-order valence-corrected chi connectivity index (χ1v) is 42.4. The molecule has 119 heavy (non-hydrogen) atoms.